The van der Waals surface area contributed by atoms with Crippen LogP contribution >= 0.6 is 22.7 Å². The average Bonchev–Trinajstić information content (AvgIpc) is 3.88. The Balaban J connectivity index is 1.10. The zero-order chi connectivity index (χ0) is 37.7. The summed E-state index contributed by atoms with van der Waals surface area (Å²) < 4.78 is 3.77. The standard InChI is InChI=1S/C53H34N2S2/c1-4-14-35(15-5-1)36-24-28-41(29-25-36)55(43-32-40-20-10-11-21-44(40)46(33-43)37-16-6-2-7-17-37)42-30-26-38(27-31-42)50-51-49(57-53(54-51)39-18-8-3-9-19-39)34-47-45-22-12-13-23-48(45)56-52(47)50/h1-34H. The van der Waals surface area contributed by atoms with Crippen LogP contribution in [0.25, 0.3) is 85.1 Å². The van der Waals surface area contributed by atoms with Gasteiger partial charge in [0.05, 0.1) is 10.2 Å². The molecule has 0 unspecified atom stereocenters. The summed E-state index contributed by atoms with van der Waals surface area (Å²) in [6.07, 6.45) is 0. The van der Waals surface area contributed by atoms with Gasteiger partial charge in [0.2, 0.25) is 0 Å². The van der Waals surface area contributed by atoms with Gasteiger partial charge in [-0.3, -0.25) is 0 Å². The summed E-state index contributed by atoms with van der Waals surface area (Å²) in [4.78, 5) is 7.74. The zero-order valence-corrected chi connectivity index (χ0v) is 32.5. The Morgan fingerprint density at radius 3 is 1.63 bits per heavy atom. The second kappa shape index (κ2) is 14.0. The van der Waals surface area contributed by atoms with Gasteiger partial charge < -0.3 is 4.90 Å². The van der Waals surface area contributed by atoms with Crippen LogP contribution in [0.2, 0.25) is 0 Å². The maximum Gasteiger partial charge on any atom is 0.124 e. The lowest BCUT2D eigenvalue weighted by molar-refractivity contribution is 1.29. The number of anilines is 3. The second-order valence-electron chi connectivity index (χ2n) is 14.3. The first-order chi connectivity index (χ1) is 28.2. The Labute approximate surface area is 339 Å². The van der Waals surface area contributed by atoms with Crippen molar-refractivity contribution < 1.29 is 0 Å². The van der Waals surface area contributed by atoms with Crippen LogP contribution in [-0.4, -0.2) is 4.98 Å². The van der Waals surface area contributed by atoms with Gasteiger partial charge in [-0.15, -0.1) is 22.7 Å². The van der Waals surface area contributed by atoms with Crippen LogP contribution < -0.4 is 4.90 Å². The van der Waals surface area contributed by atoms with E-state index in [-0.39, 0.29) is 0 Å². The monoisotopic (exact) mass is 762 g/mol. The van der Waals surface area contributed by atoms with E-state index in [1.54, 1.807) is 11.3 Å². The summed E-state index contributed by atoms with van der Waals surface area (Å²) in [6, 6.07) is 74.5. The molecular formula is C53H34N2S2. The molecule has 0 N–H and O–H groups in total. The van der Waals surface area contributed by atoms with Crippen molar-refractivity contribution in [3.05, 3.63) is 206 Å². The number of thiophene rings is 1. The first-order valence-corrected chi connectivity index (χ1v) is 20.8. The molecule has 2 nitrogen and oxygen atoms in total. The van der Waals surface area contributed by atoms with Crippen molar-refractivity contribution in [3.63, 3.8) is 0 Å². The van der Waals surface area contributed by atoms with Crippen molar-refractivity contribution in [2.45, 2.75) is 0 Å². The van der Waals surface area contributed by atoms with Gasteiger partial charge in [-0.25, -0.2) is 4.98 Å². The third kappa shape index (κ3) is 5.98. The Hall–Kier alpha value is -6.85. The third-order valence-electron chi connectivity index (χ3n) is 10.9. The minimum absolute atomic E-state index is 1.04. The van der Waals surface area contributed by atoms with Gasteiger partial charge in [0.15, 0.2) is 0 Å². The summed E-state index contributed by atoms with van der Waals surface area (Å²) in [6.45, 7) is 0. The fourth-order valence-electron chi connectivity index (χ4n) is 8.15. The van der Waals surface area contributed by atoms with Crippen molar-refractivity contribution in [1.29, 1.82) is 0 Å². The minimum atomic E-state index is 1.04. The first kappa shape index (κ1) is 33.5. The Morgan fingerprint density at radius 2 is 0.930 bits per heavy atom. The van der Waals surface area contributed by atoms with Crippen LogP contribution in [0.3, 0.4) is 0 Å². The van der Waals surface area contributed by atoms with E-state index in [1.807, 2.05) is 11.3 Å². The van der Waals surface area contributed by atoms with Crippen molar-refractivity contribution in [2.24, 2.45) is 0 Å². The van der Waals surface area contributed by atoms with Crippen LogP contribution in [0.5, 0.6) is 0 Å². The zero-order valence-electron chi connectivity index (χ0n) is 30.8. The Morgan fingerprint density at radius 1 is 0.368 bits per heavy atom. The lowest BCUT2D eigenvalue weighted by Crippen LogP contribution is -2.10. The number of hydrogen-bond acceptors (Lipinski definition) is 4. The van der Waals surface area contributed by atoms with Gasteiger partial charge in [-0.05, 0) is 87.1 Å². The molecule has 0 spiro atoms. The molecule has 0 bridgehead atoms. The molecule has 0 amide bonds. The number of nitrogens with zero attached hydrogens (tertiary/aromatic N) is 2. The van der Waals surface area contributed by atoms with E-state index in [9.17, 15) is 0 Å². The topological polar surface area (TPSA) is 16.1 Å². The van der Waals surface area contributed by atoms with E-state index in [2.05, 4.69) is 211 Å². The average molecular weight is 763 g/mol. The fraction of sp³-hybridized carbons (Fsp3) is 0. The third-order valence-corrected chi connectivity index (χ3v) is 13.1. The van der Waals surface area contributed by atoms with Crippen molar-refractivity contribution in [3.8, 4) is 44.0 Å². The molecule has 0 aliphatic carbocycles. The number of hydrogen-bond donors (Lipinski definition) is 0. The highest BCUT2D eigenvalue weighted by atomic mass is 32.1. The molecule has 0 saturated heterocycles. The van der Waals surface area contributed by atoms with Crippen LogP contribution in [0.15, 0.2) is 206 Å². The predicted molar refractivity (Wildman–Crippen MR) is 246 cm³/mol. The van der Waals surface area contributed by atoms with Crippen LogP contribution in [0.4, 0.5) is 17.1 Å². The van der Waals surface area contributed by atoms with Gasteiger partial charge in [0.25, 0.3) is 0 Å². The number of aromatic nitrogens is 1. The van der Waals surface area contributed by atoms with Gasteiger partial charge >= 0.3 is 0 Å². The molecule has 0 aliphatic heterocycles. The Kier molecular flexibility index (Phi) is 8.24. The highest BCUT2D eigenvalue weighted by Crippen LogP contribution is 2.47. The van der Waals surface area contributed by atoms with Crippen molar-refractivity contribution >= 4 is 80.9 Å². The van der Waals surface area contributed by atoms with E-state index in [0.29, 0.717) is 0 Å². The molecule has 0 radical (unpaired) electrons. The molecule has 0 aliphatic rings. The molecule has 0 fully saturated rings. The molecule has 9 aromatic carbocycles. The summed E-state index contributed by atoms with van der Waals surface area (Å²) >= 11 is 3.64. The summed E-state index contributed by atoms with van der Waals surface area (Å²) in [7, 11) is 0. The molecular weight excluding hydrogens is 729 g/mol. The largest absolute Gasteiger partial charge is 0.310 e. The number of fused-ring (bicyclic) bond motifs is 5. The molecule has 2 aromatic heterocycles. The molecule has 11 rings (SSSR count). The van der Waals surface area contributed by atoms with Crippen LogP contribution in [0.1, 0.15) is 0 Å². The molecule has 0 saturated carbocycles. The van der Waals surface area contributed by atoms with E-state index < -0.39 is 0 Å². The number of benzene rings is 9. The first-order valence-electron chi connectivity index (χ1n) is 19.2. The lowest BCUT2D eigenvalue weighted by Gasteiger charge is -2.27. The van der Waals surface area contributed by atoms with E-state index in [0.717, 1.165) is 38.7 Å². The van der Waals surface area contributed by atoms with Gasteiger partial charge in [-0.1, -0.05) is 158 Å². The SMILES string of the molecule is c1ccc(-c2ccc(N(c3ccc(-c4c5nc(-c6ccccc6)sc5cc5c4sc4ccccc45)cc3)c3cc(-c4ccccc4)c4ccccc4c3)cc2)cc1. The highest BCUT2D eigenvalue weighted by molar-refractivity contribution is 7.27. The predicted octanol–water partition coefficient (Wildman–Crippen LogP) is 16.0. The normalized spacial score (nSPS) is 11.5. The highest BCUT2D eigenvalue weighted by Gasteiger charge is 2.21. The van der Waals surface area contributed by atoms with Gasteiger partial charge in [0.1, 0.15) is 5.01 Å². The van der Waals surface area contributed by atoms with Crippen molar-refractivity contribution in [2.75, 3.05) is 4.90 Å². The fourth-order valence-corrected chi connectivity index (χ4v) is 10.4. The molecule has 4 heteroatoms. The van der Waals surface area contributed by atoms with Crippen LogP contribution in [0, 0.1) is 0 Å². The number of rotatable bonds is 7. The van der Waals surface area contributed by atoms with Crippen LogP contribution in [-0.2, 0) is 0 Å². The maximum atomic E-state index is 5.35. The lowest BCUT2D eigenvalue weighted by atomic mass is 9.96. The molecule has 268 valence electrons. The molecule has 11 aromatic rings. The minimum Gasteiger partial charge on any atom is -0.310 e. The summed E-state index contributed by atoms with van der Waals surface area (Å²) in [5, 5.41) is 6.06. The van der Waals surface area contributed by atoms with Crippen molar-refractivity contribution in [1.82, 2.24) is 4.98 Å². The Bertz CT molecular complexity index is 3200. The summed E-state index contributed by atoms with van der Waals surface area (Å²) in [5.74, 6) is 0. The van der Waals surface area contributed by atoms with E-state index >= 15 is 0 Å². The molecule has 57 heavy (non-hydrogen) atoms. The number of thiazole rings is 1. The van der Waals surface area contributed by atoms with E-state index in [4.69, 9.17) is 4.98 Å². The molecule has 2 heterocycles. The smallest absolute Gasteiger partial charge is 0.124 e. The van der Waals surface area contributed by atoms with Gasteiger partial charge in [0, 0.05) is 48.4 Å². The molecule has 0 atom stereocenters. The van der Waals surface area contributed by atoms with Gasteiger partial charge in [-0.2, -0.15) is 0 Å². The second-order valence-corrected chi connectivity index (χ2v) is 16.4. The summed E-state index contributed by atoms with van der Waals surface area (Å²) in [5.41, 5.74) is 12.7. The van der Waals surface area contributed by atoms with E-state index in [1.165, 1.54) is 63.5 Å². The maximum absolute atomic E-state index is 5.35. The quantitative estimate of drug-likeness (QED) is 0.161.